The molecule has 0 aromatic rings. The topological polar surface area (TPSA) is 232 Å². The molecule has 0 aliphatic rings. The molecule has 3 unspecified atom stereocenters. The van der Waals surface area contributed by atoms with E-state index in [-0.39, 0.29) is 29.6 Å². The molecule has 0 radical (unpaired) electrons. The Labute approximate surface area is 341 Å². The number of aliphatic hydroxyl groups excluding tert-OH is 2. The van der Waals surface area contributed by atoms with E-state index >= 15 is 0 Å². The molecule has 3 atom stereocenters. The Balaban J connectivity index is -0.000000329. The van der Waals surface area contributed by atoms with E-state index in [9.17, 15) is 49.7 Å². The largest absolute Gasteiger partial charge is 1.00 e. The van der Waals surface area contributed by atoms with Crippen molar-refractivity contribution >= 4 is 30.4 Å². The minimum Gasteiger partial charge on any atom is -0.851 e. The Hall–Kier alpha value is 0.610. The van der Waals surface area contributed by atoms with Crippen molar-refractivity contribution in [3.8, 4) is 0 Å². The fourth-order valence-electron chi connectivity index (χ4n) is 5.49. The van der Waals surface area contributed by atoms with E-state index in [1.165, 1.54) is 96.3 Å². The third-order valence-corrected chi connectivity index (χ3v) is 10.7. The molecule has 0 aliphatic carbocycles. The molecule has 3 N–H and O–H groups in total. The first kappa shape index (κ1) is 59.3. The molecule has 0 saturated carbocycles. The second-order valence-corrected chi connectivity index (χ2v) is 18.3. The number of aliphatic hydroxyl groups is 2. The van der Waals surface area contributed by atoms with Gasteiger partial charge in [-0.25, -0.2) is 16.8 Å². The molecule has 312 valence electrons. The Kier molecular flexibility index (Phi) is 45.4. The number of hydrogen-bond acceptors (Lipinski definition) is 11. The van der Waals surface area contributed by atoms with Gasteiger partial charge in [0, 0.05) is 5.75 Å². The first-order valence-corrected chi connectivity index (χ1v) is 24.5. The quantitative estimate of drug-likeness (QED) is 0.0485. The second-order valence-electron chi connectivity index (χ2n) is 13.9. The van der Waals surface area contributed by atoms with Crippen molar-refractivity contribution < 1.29 is 83.8 Å². The van der Waals surface area contributed by atoms with Crippen molar-refractivity contribution in [3.63, 3.8) is 0 Å². The average Bonchev–Trinajstić information content (AvgIpc) is 2.99. The smallest absolute Gasteiger partial charge is 0.851 e. The van der Waals surface area contributed by atoms with E-state index in [2.05, 4.69) is 20.8 Å². The summed E-state index contributed by atoms with van der Waals surface area (Å²) in [6.45, 7) is 6.56. The van der Waals surface area contributed by atoms with Crippen LogP contribution in [-0.4, -0.2) is 84.7 Å². The number of rotatable bonds is 33. The van der Waals surface area contributed by atoms with Crippen LogP contribution < -0.4 is 34.7 Å². The van der Waals surface area contributed by atoms with Crippen LogP contribution in [0.25, 0.3) is 0 Å². The molecule has 0 bridgehead atoms. The van der Waals surface area contributed by atoms with E-state index in [0.29, 0.717) is 19.3 Å². The summed E-state index contributed by atoms with van der Waals surface area (Å²) in [6.07, 6.45) is 25.5. The number of hydrogen-bond donors (Lipinski definition) is 3. The van der Waals surface area contributed by atoms with Crippen molar-refractivity contribution in [2.24, 2.45) is 0 Å². The van der Waals surface area contributed by atoms with Crippen LogP contribution in [-0.2, 0) is 30.4 Å². The van der Waals surface area contributed by atoms with Crippen molar-refractivity contribution in [3.05, 3.63) is 0 Å². The van der Waals surface area contributed by atoms with Gasteiger partial charge in [-0.3, -0.25) is 4.55 Å². The third kappa shape index (κ3) is 59.9. The molecule has 0 heterocycles. The van der Waals surface area contributed by atoms with Crippen molar-refractivity contribution in [2.45, 2.75) is 212 Å². The van der Waals surface area contributed by atoms with E-state index < -0.39 is 65.9 Å². The molecule has 0 aromatic carbocycles. The fourth-order valence-corrected chi connectivity index (χ4v) is 7.40. The Morgan fingerprint density at radius 3 is 0.942 bits per heavy atom. The van der Waals surface area contributed by atoms with Crippen LogP contribution in [0.2, 0.25) is 0 Å². The average molecular weight is 819 g/mol. The van der Waals surface area contributed by atoms with Crippen LogP contribution in [0.3, 0.4) is 0 Å². The summed E-state index contributed by atoms with van der Waals surface area (Å²) in [7, 11) is -12.7. The van der Waals surface area contributed by atoms with E-state index in [1.54, 1.807) is 0 Å². The molecule has 0 aromatic heterocycles. The van der Waals surface area contributed by atoms with Gasteiger partial charge < -0.3 is 24.4 Å². The summed E-state index contributed by atoms with van der Waals surface area (Å²) < 4.78 is 91.5. The molecule has 12 nitrogen and oxygen atoms in total. The van der Waals surface area contributed by atoms with Gasteiger partial charge in [-0.05, 0) is 12.8 Å². The Morgan fingerprint density at radius 2 is 0.673 bits per heavy atom. The van der Waals surface area contributed by atoms with Crippen LogP contribution in [0.15, 0.2) is 0 Å². The van der Waals surface area contributed by atoms with Gasteiger partial charge >= 0.3 is 29.6 Å². The zero-order valence-corrected chi connectivity index (χ0v) is 37.6. The maximum atomic E-state index is 11.1. The fraction of sp³-hybridized carbons (Fsp3) is 1.00. The van der Waals surface area contributed by atoms with Crippen molar-refractivity contribution in [1.82, 2.24) is 0 Å². The zero-order chi connectivity index (χ0) is 39.4. The molecule has 52 heavy (non-hydrogen) atoms. The van der Waals surface area contributed by atoms with Crippen molar-refractivity contribution in [2.75, 3.05) is 17.3 Å². The van der Waals surface area contributed by atoms with E-state index in [0.717, 1.165) is 57.8 Å². The van der Waals surface area contributed by atoms with Crippen LogP contribution in [0.5, 0.6) is 0 Å². The van der Waals surface area contributed by atoms with E-state index in [4.69, 9.17) is 4.55 Å². The zero-order valence-electron chi connectivity index (χ0n) is 33.2. The Morgan fingerprint density at radius 1 is 0.423 bits per heavy atom. The number of unbranched alkanes of at least 4 members (excludes halogenated alkanes) is 21. The monoisotopic (exact) mass is 818 g/mol. The summed E-state index contributed by atoms with van der Waals surface area (Å²) in [6, 6.07) is 0. The van der Waals surface area contributed by atoms with Gasteiger partial charge in [0.15, 0.2) is 0 Å². The van der Waals surface area contributed by atoms with Gasteiger partial charge in [-0.15, -0.1) is 6.10 Å². The SMILES string of the molecule is CCCCCCCCCCC(O)CS(=O)(=O)O.CCCCCCCCCCC(O)CS(=O)(=O)[O-].CCCCCCCCCCC([O-])CS(=O)(=O)[O-].[Na+]. The molecular weight excluding hydrogens is 744 g/mol. The van der Waals surface area contributed by atoms with Crippen LogP contribution in [0.4, 0.5) is 0 Å². The summed E-state index contributed by atoms with van der Waals surface area (Å²) in [5.74, 6) is -1.95. The van der Waals surface area contributed by atoms with Crippen LogP contribution >= 0.6 is 0 Å². The maximum absolute atomic E-state index is 11.1. The predicted molar refractivity (Wildman–Crippen MR) is 203 cm³/mol. The van der Waals surface area contributed by atoms with Crippen LogP contribution in [0.1, 0.15) is 194 Å². The van der Waals surface area contributed by atoms with Gasteiger partial charge in [0.2, 0.25) is 0 Å². The molecule has 16 heteroatoms. The summed E-state index contributed by atoms with van der Waals surface area (Å²) in [5, 5.41) is 29.7. The molecule has 0 aliphatic heterocycles. The second kappa shape index (κ2) is 39.8. The molecular formula is C36H75NaO12S3-2. The van der Waals surface area contributed by atoms with Crippen molar-refractivity contribution in [1.29, 1.82) is 0 Å². The predicted octanol–water partition coefficient (Wildman–Crippen LogP) is 3.98. The molecule has 0 rings (SSSR count). The molecule has 0 spiro atoms. The molecule has 0 fully saturated rings. The molecule has 0 saturated heterocycles. The van der Waals surface area contributed by atoms with Crippen LogP contribution in [0, 0.1) is 0 Å². The van der Waals surface area contributed by atoms with Gasteiger partial charge in [-0.1, -0.05) is 181 Å². The minimum atomic E-state index is -4.34. The maximum Gasteiger partial charge on any atom is 1.00 e. The minimum absolute atomic E-state index is 0. The first-order chi connectivity index (χ1) is 23.9. The standard InChI is InChI=1S/2C12H26O4S.C12H25O4S.Na/c3*1-2-3-4-5-6-7-8-9-10-12(13)11-17(14,15)16;/h2*12-13H,2-11H2,1H3,(H,14,15,16);12H,2-11H2,1H3,(H,14,15,16);/q;;-1;+1/p-2. The van der Waals surface area contributed by atoms with Gasteiger partial charge in [0.1, 0.15) is 5.75 Å². The molecule has 0 amide bonds. The normalized spacial score (nSPS) is 13.6. The summed E-state index contributed by atoms with van der Waals surface area (Å²) >= 11 is 0. The summed E-state index contributed by atoms with van der Waals surface area (Å²) in [5.41, 5.74) is 0. The third-order valence-electron chi connectivity index (χ3n) is 8.35. The van der Waals surface area contributed by atoms with Gasteiger partial charge in [0.25, 0.3) is 10.1 Å². The van der Waals surface area contributed by atoms with Gasteiger partial charge in [-0.2, -0.15) is 8.42 Å². The first-order valence-electron chi connectivity index (χ1n) is 19.7. The van der Waals surface area contributed by atoms with E-state index in [1.807, 2.05) is 0 Å². The Bertz CT molecular complexity index is 925. The van der Waals surface area contributed by atoms with Gasteiger partial charge in [0.05, 0.1) is 38.2 Å². The summed E-state index contributed by atoms with van der Waals surface area (Å²) in [4.78, 5) is 0.